The van der Waals surface area contributed by atoms with Gasteiger partial charge in [0.2, 0.25) is 5.90 Å². The second kappa shape index (κ2) is 10.7. The average Bonchev–Trinajstić information content (AvgIpc) is 3.19. The molecule has 1 aliphatic rings. The molecule has 3 aromatic carbocycles. The fraction of sp³-hybridized carbons (Fsp3) is 0.214. The summed E-state index contributed by atoms with van der Waals surface area (Å²) in [5.41, 5.74) is 4.04. The van der Waals surface area contributed by atoms with E-state index >= 15 is 0 Å². The molecule has 3 aromatic rings. The van der Waals surface area contributed by atoms with Gasteiger partial charge in [-0.2, -0.15) is 0 Å². The van der Waals surface area contributed by atoms with Gasteiger partial charge in [-0.1, -0.05) is 60.1 Å². The van der Waals surface area contributed by atoms with Crippen LogP contribution in [0.5, 0.6) is 11.5 Å². The number of carbonyl (C=O) groups excluding carboxylic acids is 1. The van der Waals surface area contributed by atoms with E-state index in [0.29, 0.717) is 36.5 Å². The zero-order valence-corrected chi connectivity index (χ0v) is 21.0. The maximum Gasteiger partial charge on any atom is 0.363 e. The maximum atomic E-state index is 12.4. The summed E-state index contributed by atoms with van der Waals surface area (Å²) < 4.78 is 18.2. The van der Waals surface area contributed by atoms with E-state index in [9.17, 15) is 4.79 Å². The maximum absolute atomic E-state index is 12.4. The number of carbonyl (C=O) groups is 1. The predicted molar refractivity (Wildman–Crippen MR) is 137 cm³/mol. The van der Waals surface area contributed by atoms with Gasteiger partial charge in [-0.3, -0.25) is 0 Å². The van der Waals surface area contributed by atoms with Crippen LogP contribution in [0.4, 0.5) is 0 Å². The van der Waals surface area contributed by atoms with Crippen LogP contribution in [0.15, 0.2) is 81.9 Å². The second-order valence-electron chi connectivity index (χ2n) is 8.17. The molecule has 174 valence electrons. The number of halogens is 1. The summed E-state index contributed by atoms with van der Waals surface area (Å²) in [6.07, 6.45) is 1.69. The molecule has 1 aliphatic heterocycles. The predicted octanol–water partition coefficient (Wildman–Crippen LogP) is 6.89. The highest BCUT2D eigenvalue weighted by atomic mass is 79.9. The van der Waals surface area contributed by atoms with Crippen LogP contribution in [-0.2, 0) is 16.1 Å². The molecule has 0 saturated carbocycles. The number of hydrogen-bond acceptors (Lipinski definition) is 5. The van der Waals surface area contributed by atoms with E-state index in [0.717, 1.165) is 21.2 Å². The van der Waals surface area contributed by atoms with Crippen molar-refractivity contribution in [2.24, 2.45) is 4.99 Å². The third-order valence-corrected chi connectivity index (χ3v) is 5.79. The molecule has 0 bridgehead atoms. The molecule has 0 N–H and O–H groups in total. The first-order valence-electron chi connectivity index (χ1n) is 11.2. The van der Waals surface area contributed by atoms with Gasteiger partial charge in [0, 0.05) is 10.0 Å². The Labute approximate surface area is 208 Å². The number of ether oxygens (including phenoxy) is 3. The Morgan fingerprint density at radius 1 is 1.00 bits per heavy atom. The van der Waals surface area contributed by atoms with E-state index in [4.69, 9.17) is 14.2 Å². The number of benzene rings is 3. The largest absolute Gasteiger partial charge is 0.490 e. The van der Waals surface area contributed by atoms with Crippen LogP contribution < -0.4 is 9.47 Å². The minimum atomic E-state index is -0.476. The number of aliphatic imine (C=N–C) groups is 1. The first kappa shape index (κ1) is 23.8. The Hall–Kier alpha value is -3.38. The van der Waals surface area contributed by atoms with Gasteiger partial charge in [0.1, 0.15) is 6.61 Å². The molecule has 0 amide bonds. The monoisotopic (exact) mass is 519 g/mol. The minimum Gasteiger partial charge on any atom is -0.490 e. The molecule has 0 aromatic heterocycles. The Morgan fingerprint density at radius 2 is 1.79 bits per heavy atom. The topological polar surface area (TPSA) is 57.1 Å². The van der Waals surface area contributed by atoms with Gasteiger partial charge in [-0.15, -0.1) is 0 Å². The Bertz CT molecular complexity index is 1250. The minimum absolute atomic E-state index is 0.244. The summed E-state index contributed by atoms with van der Waals surface area (Å²) in [4.78, 5) is 16.9. The molecule has 34 heavy (non-hydrogen) atoms. The van der Waals surface area contributed by atoms with Crippen molar-refractivity contribution in [2.75, 3.05) is 6.61 Å². The Morgan fingerprint density at radius 3 is 2.50 bits per heavy atom. The zero-order valence-electron chi connectivity index (χ0n) is 19.4. The van der Waals surface area contributed by atoms with Crippen LogP contribution in [0.3, 0.4) is 0 Å². The van der Waals surface area contributed by atoms with Gasteiger partial charge in [0.05, 0.1) is 6.61 Å². The van der Waals surface area contributed by atoms with Crippen molar-refractivity contribution in [2.45, 2.75) is 33.3 Å². The van der Waals surface area contributed by atoms with Gasteiger partial charge in [0.15, 0.2) is 17.2 Å². The standard InChI is InChI=1S/C28H26BrNO4/c1-4-32-26-16-19(8-13-25(26)33-17-20-6-5-7-23(29)14-20)15-24-28(31)34-27(30-24)22-11-9-21(10-12-22)18(2)3/h5-16,18H,4,17H2,1-3H3/b24-15-. The Balaban J connectivity index is 1.54. The molecule has 1 heterocycles. The number of rotatable bonds is 8. The van der Waals surface area contributed by atoms with Gasteiger partial charge in [0.25, 0.3) is 0 Å². The van der Waals surface area contributed by atoms with Crippen molar-refractivity contribution in [3.05, 3.63) is 99.2 Å². The summed E-state index contributed by atoms with van der Waals surface area (Å²) in [6.45, 7) is 7.09. The molecule has 0 saturated heterocycles. The van der Waals surface area contributed by atoms with Crippen molar-refractivity contribution < 1.29 is 19.0 Å². The van der Waals surface area contributed by atoms with Gasteiger partial charge >= 0.3 is 5.97 Å². The SMILES string of the molecule is CCOc1cc(/C=C2\N=C(c3ccc(C(C)C)cc3)OC2=O)ccc1OCc1cccc(Br)c1. The highest BCUT2D eigenvalue weighted by Gasteiger charge is 2.24. The lowest BCUT2D eigenvalue weighted by Crippen LogP contribution is -2.05. The van der Waals surface area contributed by atoms with Crippen LogP contribution >= 0.6 is 15.9 Å². The van der Waals surface area contributed by atoms with Crippen LogP contribution in [0.2, 0.25) is 0 Å². The summed E-state index contributed by atoms with van der Waals surface area (Å²) in [6, 6.07) is 21.4. The first-order valence-corrected chi connectivity index (χ1v) is 12.0. The van der Waals surface area contributed by atoms with Crippen LogP contribution in [-0.4, -0.2) is 18.5 Å². The van der Waals surface area contributed by atoms with Crippen molar-refractivity contribution in [1.29, 1.82) is 0 Å². The first-order chi connectivity index (χ1) is 16.4. The van der Waals surface area contributed by atoms with Crippen molar-refractivity contribution in [3.8, 4) is 11.5 Å². The molecular weight excluding hydrogens is 494 g/mol. The molecule has 0 unspecified atom stereocenters. The van der Waals surface area contributed by atoms with Gasteiger partial charge in [-0.25, -0.2) is 9.79 Å². The summed E-state index contributed by atoms with van der Waals surface area (Å²) in [5, 5.41) is 0. The number of cyclic esters (lactones) is 1. The van der Waals surface area contributed by atoms with E-state index in [1.165, 1.54) is 5.56 Å². The number of nitrogens with zero attached hydrogens (tertiary/aromatic N) is 1. The van der Waals surface area contributed by atoms with Gasteiger partial charge < -0.3 is 14.2 Å². The van der Waals surface area contributed by atoms with E-state index in [-0.39, 0.29) is 5.70 Å². The van der Waals surface area contributed by atoms with Crippen LogP contribution in [0, 0.1) is 0 Å². The second-order valence-corrected chi connectivity index (χ2v) is 9.09. The highest BCUT2D eigenvalue weighted by Crippen LogP contribution is 2.31. The molecule has 6 heteroatoms. The molecule has 0 radical (unpaired) electrons. The molecular formula is C28H26BrNO4. The summed E-state index contributed by atoms with van der Waals surface area (Å²) in [7, 11) is 0. The molecule has 0 atom stereocenters. The molecule has 5 nitrogen and oxygen atoms in total. The summed E-state index contributed by atoms with van der Waals surface area (Å²) in [5.74, 6) is 1.50. The quantitative estimate of drug-likeness (QED) is 0.240. The average molecular weight is 520 g/mol. The van der Waals surface area contributed by atoms with Crippen LogP contribution in [0.1, 0.15) is 48.9 Å². The molecule has 4 rings (SSSR count). The van der Waals surface area contributed by atoms with Crippen molar-refractivity contribution in [3.63, 3.8) is 0 Å². The Kier molecular flexibility index (Phi) is 7.48. The number of esters is 1. The lowest BCUT2D eigenvalue weighted by molar-refractivity contribution is -0.129. The fourth-order valence-electron chi connectivity index (χ4n) is 3.49. The molecule has 0 spiro atoms. The molecule has 0 aliphatic carbocycles. The van der Waals surface area contributed by atoms with Crippen molar-refractivity contribution >= 4 is 33.9 Å². The smallest absolute Gasteiger partial charge is 0.363 e. The fourth-order valence-corrected chi connectivity index (χ4v) is 3.94. The van der Waals surface area contributed by atoms with E-state index in [1.807, 2.05) is 73.7 Å². The lowest BCUT2D eigenvalue weighted by atomic mass is 10.0. The third-order valence-electron chi connectivity index (χ3n) is 5.30. The summed E-state index contributed by atoms with van der Waals surface area (Å²) >= 11 is 3.48. The van der Waals surface area contributed by atoms with E-state index in [1.54, 1.807) is 6.08 Å². The number of hydrogen-bond donors (Lipinski definition) is 0. The lowest BCUT2D eigenvalue weighted by Gasteiger charge is -2.13. The van der Waals surface area contributed by atoms with E-state index in [2.05, 4.69) is 34.8 Å². The normalized spacial score (nSPS) is 14.3. The van der Waals surface area contributed by atoms with Crippen molar-refractivity contribution in [1.82, 2.24) is 0 Å². The van der Waals surface area contributed by atoms with Crippen LogP contribution in [0.25, 0.3) is 6.08 Å². The molecule has 0 fully saturated rings. The third kappa shape index (κ3) is 5.75. The highest BCUT2D eigenvalue weighted by molar-refractivity contribution is 9.10. The zero-order chi connectivity index (χ0) is 24.1. The van der Waals surface area contributed by atoms with Gasteiger partial charge in [-0.05, 0) is 72.0 Å². The van der Waals surface area contributed by atoms with E-state index < -0.39 is 5.97 Å².